The zero-order valence-electron chi connectivity index (χ0n) is 14.7. The summed E-state index contributed by atoms with van der Waals surface area (Å²) in [5.41, 5.74) is 1.04. The number of rotatable bonds is 5. The van der Waals surface area contributed by atoms with Gasteiger partial charge >= 0.3 is 0 Å². The molecule has 3 rings (SSSR count). The Morgan fingerprint density at radius 3 is 2.32 bits per heavy atom. The maximum Gasteiger partial charge on any atom is 0.272 e. The molecule has 28 heavy (non-hydrogen) atoms. The lowest BCUT2D eigenvalue weighted by Crippen LogP contribution is -2.30. The highest BCUT2D eigenvalue weighted by Gasteiger charge is 2.16. The van der Waals surface area contributed by atoms with E-state index in [1.165, 1.54) is 18.2 Å². The van der Waals surface area contributed by atoms with Gasteiger partial charge in [0.1, 0.15) is 11.5 Å². The number of carbonyl (C=O) groups excluding carboxylic acids is 2. The zero-order chi connectivity index (χ0) is 19.9. The van der Waals surface area contributed by atoms with E-state index in [1.54, 1.807) is 60.7 Å². The molecule has 3 aromatic rings. The summed E-state index contributed by atoms with van der Waals surface area (Å²) in [4.78, 5) is 25.3. The first-order valence-corrected chi connectivity index (χ1v) is 9.22. The first-order chi connectivity index (χ1) is 13.5. The van der Waals surface area contributed by atoms with Crippen LogP contribution in [0.15, 0.2) is 89.0 Å². The number of nitrogens with one attached hydrogen (secondary N) is 2. The van der Waals surface area contributed by atoms with Crippen LogP contribution >= 0.6 is 15.9 Å². The lowest BCUT2D eigenvalue weighted by atomic mass is 10.1. The minimum atomic E-state index is -0.564. The molecule has 4 nitrogen and oxygen atoms in total. The number of amides is 2. The van der Waals surface area contributed by atoms with Gasteiger partial charge in [0, 0.05) is 21.3 Å². The number of carbonyl (C=O) groups is 2. The van der Waals surface area contributed by atoms with Gasteiger partial charge < -0.3 is 10.6 Å². The Morgan fingerprint density at radius 1 is 0.893 bits per heavy atom. The Morgan fingerprint density at radius 2 is 1.61 bits per heavy atom. The van der Waals surface area contributed by atoms with Gasteiger partial charge in [0.05, 0.1) is 0 Å². The van der Waals surface area contributed by atoms with Gasteiger partial charge in [0.2, 0.25) is 0 Å². The van der Waals surface area contributed by atoms with Crippen LogP contribution in [-0.4, -0.2) is 11.8 Å². The van der Waals surface area contributed by atoms with Crippen LogP contribution in [0.25, 0.3) is 6.08 Å². The summed E-state index contributed by atoms with van der Waals surface area (Å²) in [7, 11) is 0. The van der Waals surface area contributed by atoms with E-state index in [9.17, 15) is 14.0 Å². The third-order valence-corrected chi connectivity index (χ3v) is 4.31. The minimum Gasteiger partial charge on any atom is -0.321 e. The van der Waals surface area contributed by atoms with Gasteiger partial charge in [-0.1, -0.05) is 58.4 Å². The molecule has 2 N–H and O–H groups in total. The Hall–Kier alpha value is -3.25. The molecule has 0 spiro atoms. The topological polar surface area (TPSA) is 58.2 Å². The van der Waals surface area contributed by atoms with E-state index in [0.717, 1.165) is 4.47 Å². The van der Waals surface area contributed by atoms with Gasteiger partial charge in [0.25, 0.3) is 11.8 Å². The number of benzene rings is 3. The van der Waals surface area contributed by atoms with Crippen LogP contribution in [-0.2, 0) is 4.79 Å². The molecule has 140 valence electrons. The Labute approximate surface area is 170 Å². The molecule has 0 heterocycles. The summed E-state index contributed by atoms with van der Waals surface area (Å²) in [5, 5.41) is 5.28. The Bertz CT molecular complexity index is 1040. The molecular formula is C22H16BrFN2O2. The average Bonchev–Trinajstić information content (AvgIpc) is 2.69. The summed E-state index contributed by atoms with van der Waals surface area (Å²) >= 11 is 3.34. The van der Waals surface area contributed by atoms with Crippen molar-refractivity contribution in [2.45, 2.75) is 0 Å². The van der Waals surface area contributed by atoms with E-state index in [1.807, 2.05) is 6.07 Å². The monoisotopic (exact) mass is 438 g/mol. The fourth-order valence-corrected chi connectivity index (χ4v) is 2.85. The molecule has 0 bridgehead atoms. The third-order valence-electron chi connectivity index (χ3n) is 3.82. The van der Waals surface area contributed by atoms with Crippen molar-refractivity contribution in [3.05, 3.63) is 106 Å². The minimum absolute atomic E-state index is 0.0704. The lowest BCUT2D eigenvalue weighted by Gasteiger charge is -2.12. The third kappa shape index (κ3) is 5.14. The molecule has 0 fully saturated rings. The highest BCUT2D eigenvalue weighted by Crippen LogP contribution is 2.17. The van der Waals surface area contributed by atoms with Gasteiger partial charge in [-0.25, -0.2) is 4.39 Å². The predicted octanol–water partition coefficient (Wildman–Crippen LogP) is 5.00. The molecule has 0 saturated heterocycles. The van der Waals surface area contributed by atoms with Crippen molar-refractivity contribution in [1.29, 1.82) is 0 Å². The summed E-state index contributed by atoms with van der Waals surface area (Å²) in [6.07, 6.45) is 1.31. The van der Waals surface area contributed by atoms with Crippen LogP contribution in [0, 0.1) is 5.82 Å². The average molecular weight is 439 g/mol. The second kappa shape index (κ2) is 9.10. The van der Waals surface area contributed by atoms with Crippen molar-refractivity contribution in [3.63, 3.8) is 0 Å². The molecule has 0 unspecified atom stereocenters. The summed E-state index contributed by atoms with van der Waals surface area (Å²) < 4.78 is 14.8. The van der Waals surface area contributed by atoms with Crippen LogP contribution in [0.4, 0.5) is 10.1 Å². The maximum atomic E-state index is 14.1. The van der Waals surface area contributed by atoms with Crippen molar-refractivity contribution in [3.8, 4) is 0 Å². The first kappa shape index (κ1) is 19.5. The molecule has 0 aromatic heterocycles. The standard InChI is InChI=1S/C22H16BrFN2O2/c23-17-10-6-11-18(14-17)25-22(28)20(13-16-9-4-5-12-19(16)24)26-21(27)15-7-2-1-3-8-15/h1-14H,(H,25,28)(H,26,27). The summed E-state index contributed by atoms with van der Waals surface area (Å²) in [6, 6.07) is 21.5. The van der Waals surface area contributed by atoms with E-state index in [-0.39, 0.29) is 11.3 Å². The molecule has 0 aliphatic heterocycles. The van der Waals surface area contributed by atoms with E-state index in [2.05, 4.69) is 26.6 Å². The van der Waals surface area contributed by atoms with Crippen LogP contribution < -0.4 is 10.6 Å². The largest absolute Gasteiger partial charge is 0.321 e. The number of hydrogen-bond donors (Lipinski definition) is 2. The summed E-state index contributed by atoms with van der Waals surface area (Å²) in [6.45, 7) is 0. The fourth-order valence-electron chi connectivity index (χ4n) is 2.45. The smallest absolute Gasteiger partial charge is 0.272 e. The molecular weight excluding hydrogens is 423 g/mol. The second-order valence-corrected chi connectivity index (χ2v) is 6.78. The quantitative estimate of drug-likeness (QED) is 0.550. The number of anilines is 1. The molecule has 0 saturated carbocycles. The van der Waals surface area contributed by atoms with Crippen molar-refractivity contribution < 1.29 is 14.0 Å². The molecule has 2 amide bonds. The number of halogens is 2. The van der Waals surface area contributed by atoms with E-state index in [4.69, 9.17) is 0 Å². The van der Waals surface area contributed by atoms with Crippen molar-refractivity contribution >= 4 is 39.5 Å². The Balaban J connectivity index is 1.91. The number of hydrogen-bond acceptors (Lipinski definition) is 2. The highest BCUT2D eigenvalue weighted by atomic mass is 79.9. The van der Waals surface area contributed by atoms with Crippen LogP contribution in [0.3, 0.4) is 0 Å². The lowest BCUT2D eigenvalue weighted by molar-refractivity contribution is -0.113. The molecule has 3 aromatic carbocycles. The van der Waals surface area contributed by atoms with Crippen molar-refractivity contribution in [2.75, 3.05) is 5.32 Å². The molecule has 0 aliphatic carbocycles. The normalized spacial score (nSPS) is 11.0. The van der Waals surface area contributed by atoms with Crippen LogP contribution in [0.5, 0.6) is 0 Å². The van der Waals surface area contributed by atoms with Crippen LogP contribution in [0.1, 0.15) is 15.9 Å². The van der Waals surface area contributed by atoms with Crippen molar-refractivity contribution in [2.24, 2.45) is 0 Å². The van der Waals surface area contributed by atoms with Gasteiger partial charge in [-0.15, -0.1) is 0 Å². The summed E-state index contributed by atoms with van der Waals surface area (Å²) in [5.74, 6) is -1.53. The fraction of sp³-hybridized carbons (Fsp3) is 0. The molecule has 0 radical (unpaired) electrons. The van der Waals surface area contributed by atoms with E-state index in [0.29, 0.717) is 11.3 Å². The zero-order valence-corrected chi connectivity index (χ0v) is 16.2. The molecule has 6 heteroatoms. The highest BCUT2D eigenvalue weighted by molar-refractivity contribution is 9.10. The van der Waals surface area contributed by atoms with E-state index >= 15 is 0 Å². The maximum absolute atomic E-state index is 14.1. The Kier molecular flexibility index (Phi) is 6.34. The SMILES string of the molecule is O=C(Nc1cccc(Br)c1)C(=Cc1ccccc1F)NC(=O)c1ccccc1. The van der Waals surface area contributed by atoms with Gasteiger partial charge in [-0.2, -0.15) is 0 Å². The molecule has 0 aliphatic rings. The van der Waals surface area contributed by atoms with Crippen molar-refractivity contribution in [1.82, 2.24) is 5.32 Å². The van der Waals surface area contributed by atoms with Gasteiger partial charge in [-0.3, -0.25) is 9.59 Å². The first-order valence-electron chi connectivity index (χ1n) is 8.42. The molecule has 0 atom stereocenters. The predicted molar refractivity (Wildman–Crippen MR) is 111 cm³/mol. The van der Waals surface area contributed by atoms with Gasteiger partial charge in [-0.05, 0) is 42.5 Å². The second-order valence-electron chi connectivity index (χ2n) is 5.86. The van der Waals surface area contributed by atoms with Gasteiger partial charge in [0.15, 0.2) is 0 Å². The van der Waals surface area contributed by atoms with Crippen LogP contribution in [0.2, 0.25) is 0 Å². The van der Waals surface area contributed by atoms with E-state index < -0.39 is 17.6 Å².